The van der Waals surface area contributed by atoms with Crippen LogP contribution in [-0.2, 0) is 47.8 Å². The van der Waals surface area contributed by atoms with Crippen molar-refractivity contribution in [3.8, 4) is 0 Å². The zero-order chi connectivity index (χ0) is 53.3. The average Bonchev–Trinajstić information content (AvgIpc) is 4.19. The molecule has 0 bridgehead atoms. The van der Waals surface area contributed by atoms with Crippen molar-refractivity contribution in [2.75, 3.05) is 109 Å². The molecule has 5 unspecified atom stereocenters. The van der Waals surface area contributed by atoms with E-state index >= 15 is 0 Å². The van der Waals surface area contributed by atoms with Crippen LogP contribution in [0.1, 0.15) is 62.5 Å². The lowest BCUT2D eigenvalue weighted by Gasteiger charge is -2.33. The third kappa shape index (κ3) is 15.5. The van der Waals surface area contributed by atoms with Gasteiger partial charge in [0.05, 0.1) is 70.0 Å². The van der Waals surface area contributed by atoms with Gasteiger partial charge in [-0.3, -0.25) is 38.5 Å². The van der Waals surface area contributed by atoms with E-state index in [-0.39, 0.29) is 61.2 Å². The minimum Gasteiger partial charge on any atom is -0.379 e. The van der Waals surface area contributed by atoms with Crippen molar-refractivity contribution in [3.63, 3.8) is 0 Å². The molecule has 2 aliphatic heterocycles. The second-order valence-electron chi connectivity index (χ2n) is 19.5. The minimum atomic E-state index is -1.66. The summed E-state index contributed by atoms with van der Waals surface area (Å²) in [5.74, 6) is -2.55. The average molecular weight is 1050 g/mol. The number of nitrogens with zero attached hydrogens (tertiary/aromatic N) is 3. The Morgan fingerprint density at radius 1 is 0.757 bits per heavy atom. The van der Waals surface area contributed by atoms with Gasteiger partial charge in [0.1, 0.15) is 12.1 Å². The minimum absolute atomic E-state index is 0.0169. The molecule has 1 spiro atoms. The number of fused-ring (bicyclic) bond motifs is 2. The van der Waals surface area contributed by atoms with Crippen molar-refractivity contribution in [3.05, 3.63) is 59.7 Å². The molecule has 2 aliphatic carbocycles. The normalized spacial score (nSPS) is 21.9. The first-order chi connectivity index (χ1) is 35.6. The van der Waals surface area contributed by atoms with Gasteiger partial charge in [0.15, 0.2) is 5.78 Å². The summed E-state index contributed by atoms with van der Waals surface area (Å²) in [6.45, 7) is 5.33. The molecule has 7 N–H and O–H groups in total. The molecule has 6 rings (SSSR count). The fourth-order valence-corrected chi connectivity index (χ4v) is 11.6. The molecule has 0 radical (unpaired) electrons. The van der Waals surface area contributed by atoms with E-state index in [4.69, 9.17) is 19.6 Å². The van der Waals surface area contributed by atoms with Crippen molar-refractivity contribution >= 4 is 76.6 Å². The highest BCUT2D eigenvalue weighted by atomic mass is 32.2. The molecule has 8 amide bonds. The van der Waals surface area contributed by atoms with Gasteiger partial charge in [-0.25, -0.2) is 4.79 Å². The second-order valence-corrected chi connectivity index (χ2v) is 20.9. The molecule has 2 saturated carbocycles. The van der Waals surface area contributed by atoms with Crippen molar-refractivity contribution in [1.29, 1.82) is 5.41 Å². The molecule has 4 aliphatic rings. The molecular weight excluding hydrogens is 973 g/mol. The quantitative estimate of drug-likeness (QED) is 0.0302. The van der Waals surface area contributed by atoms with E-state index in [9.17, 15) is 38.4 Å². The third-order valence-electron chi connectivity index (χ3n) is 13.7. The summed E-state index contributed by atoms with van der Waals surface area (Å²) in [6, 6.07) is 16.1. The van der Waals surface area contributed by atoms with Crippen molar-refractivity contribution in [1.82, 2.24) is 36.8 Å². The van der Waals surface area contributed by atoms with Crippen LogP contribution in [0.2, 0.25) is 0 Å². The Morgan fingerprint density at radius 3 is 2.08 bits per heavy atom. The number of likely N-dealkylation sites (N-methyl/N-ethyl adjacent to an activating group) is 1. The van der Waals surface area contributed by atoms with E-state index in [0.29, 0.717) is 100 Å². The molecule has 22 heteroatoms. The first-order valence-electron chi connectivity index (χ1n) is 25.4. The highest BCUT2D eigenvalue weighted by Crippen LogP contribution is 2.63. The lowest BCUT2D eigenvalue weighted by Crippen LogP contribution is -2.57. The number of nitrogens with one attached hydrogen (secondary N) is 7. The van der Waals surface area contributed by atoms with Gasteiger partial charge in [-0.05, 0) is 95.6 Å². The van der Waals surface area contributed by atoms with Crippen molar-refractivity contribution < 1.29 is 52.6 Å². The summed E-state index contributed by atoms with van der Waals surface area (Å²) in [6.07, 6.45) is 5.10. The predicted molar refractivity (Wildman–Crippen MR) is 278 cm³/mol. The zero-order valence-corrected chi connectivity index (χ0v) is 43.8. The van der Waals surface area contributed by atoms with Crippen molar-refractivity contribution in [2.24, 2.45) is 11.8 Å². The van der Waals surface area contributed by atoms with Crippen LogP contribution in [0.15, 0.2) is 36.4 Å². The Balaban J connectivity index is 0.867. The standard InChI is InChI=1S/C52H72N10O11S/c1-35-12-5-7-15-41(35)61(46(67)30-57-49(69)51(27-38(51)26-39(63)29-53)62(42-16-8-6-13-36(42)2)47(68)31-56-44(65)32-60(3)4)33-45(66)55-19-11-21-72-23-25-73-24-22-71-20-10-18-54-43(64)17-9-14-37-28-52(37)48-40(34-74-52)58-50(70)59-48/h5,7,12-13,15-16,29,37-38,40,48,53H,9-11,14,17-28,30-34H2,1-4H3,(H,54,64)(H,55,66)(H,56,65)(H,57,69)(H2,58,59,70)/t37-,38?,40?,48?,51?,52?/m1/s1. The van der Waals surface area contributed by atoms with Gasteiger partial charge in [0.25, 0.3) is 0 Å². The van der Waals surface area contributed by atoms with Crippen LogP contribution in [0.3, 0.4) is 0 Å². The van der Waals surface area contributed by atoms with Gasteiger partial charge in [-0.2, -0.15) is 11.8 Å². The van der Waals surface area contributed by atoms with Crippen LogP contribution in [0.4, 0.5) is 16.2 Å². The van der Waals surface area contributed by atoms with Gasteiger partial charge in [-0.1, -0.05) is 30.3 Å². The number of anilines is 2. The maximum Gasteiger partial charge on any atom is 0.315 e. The van der Waals surface area contributed by atoms with E-state index < -0.39 is 59.9 Å². The Kier molecular flexibility index (Phi) is 21.2. The molecule has 0 aromatic heterocycles. The van der Waals surface area contributed by atoms with E-state index in [1.54, 1.807) is 63.2 Å². The summed E-state index contributed by atoms with van der Waals surface area (Å²) >= 11 is 1.96. The highest BCUT2D eigenvalue weighted by molar-refractivity contribution is 8.01. The molecule has 402 valence electrons. The summed E-state index contributed by atoms with van der Waals surface area (Å²) in [7, 11) is 3.41. The fraction of sp³-hybridized carbons (Fsp3) is 0.596. The van der Waals surface area contributed by atoms with Gasteiger partial charge in [-0.15, -0.1) is 0 Å². The molecule has 2 saturated heterocycles. The largest absolute Gasteiger partial charge is 0.379 e. The Hall–Kier alpha value is -6.12. The van der Waals surface area contributed by atoms with E-state index in [0.717, 1.165) is 25.0 Å². The van der Waals surface area contributed by atoms with Crippen LogP contribution in [0.25, 0.3) is 0 Å². The lowest BCUT2D eigenvalue weighted by atomic mass is 10.0. The van der Waals surface area contributed by atoms with Crippen molar-refractivity contribution in [2.45, 2.75) is 87.6 Å². The second kappa shape index (κ2) is 27.4. The van der Waals surface area contributed by atoms with Crippen LogP contribution >= 0.6 is 11.8 Å². The fourth-order valence-electron chi connectivity index (χ4n) is 9.79. The third-order valence-corrected chi connectivity index (χ3v) is 15.5. The smallest absolute Gasteiger partial charge is 0.315 e. The summed E-state index contributed by atoms with van der Waals surface area (Å²) in [4.78, 5) is 109. The number of hydrogen-bond donors (Lipinski definition) is 7. The summed E-state index contributed by atoms with van der Waals surface area (Å²) in [5, 5.41) is 24.7. The molecular formula is C52H72N10O11S. The number of para-hydroxylation sites is 1. The van der Waals surface area contributed by atoms with Gasteiger partial charge < -0.3 is 61.3 Å². The monoisotopic (exact) mass is 1040 g/mol. The molecule has 74 heavy (non-hydrogen) atoms. The van der Waals surface area contributed by atoms with Crippen LogP contribution in [-0.4, -0.2) is 179 Å². The predicted octanol–water partition coefficient (Wildman–Crippen LogP) is 1.22. The number of rotatable bonds is 33. The van der Waals surface area contributed by atoms with Crippen LogP contribution in [0.5, 0.6) is 0 Å². The van der Waals surface area contributed by atoms with Gasteiger partial charge >= 0.3 is 6.03 Å². The molecule has 2 aromatic carbocycles. The number of carbonyl (C=O) groups excluding carboxylic acids is 8. The number of ether oxygens (including phenoxy) is 3. The Bertz CT molecular complexity index is 2340. The summed E-state index contributed by atoms with van der Waals surface area (Å²) < 4.78 is 17.0. The lowest BCUT2D eigenvalue weighted by molar-refractivity contribution is -0.130. The Labute approximate surface area is 437 Å². The molecule has 2 aromatic rings. The van der Waals surface area contributed by atoms with E-state index in [1.807, 2.05) is 11.8 Å². The van der Waals surface area contributed by atoms with Crippen LogP contribution in [0, 0.1) is 43.2 Å². The van der Waals surface area contributed by atoms with E-state index in [2.05, 4.69) is 44.0 Å². The SMILES string of the molecule is Cc1ccccc1N(CC(=O)NCCCOCCOCCOCCCNC(=O)CCC[C@@H]1CC12SCC1NC(=O)NC12)C(=O)CNC(=O)C1(N(C(=O)CNC(=O)CN(C)C)c2cc#ccc2C)CC1CC(=O)C=N. The molecule has 4 fully saturated rings. The topological polar surface area (TPSA) is 270 Å². The number of urea groups is 1. The number of carbonyl (C=O) groups is 8. The summed E-state index contributed by atoms with van der Waals surface area (Å²) in [5.41, 5.74) is 0.381. The number of ketones is 1. The number of hydrogen-bond acceptors (Lipinski definition) is 14. The molecule has 6 atom stereocenters. The number of amides is 8. The zero-order valence-electron chi connectivity index (χ0n) is 42.9. The number of benzene rings is 1. The van der Waals surface area contributed by atoms with Gasteiger partial charge in [0, 0.05) is 67.3 Å². The van der Waals surface area contributed by atoms with Gasteiger partial charge in [0.2, 0.25) is 35.4 Å². The number of aryl methyl sites for hydroxylation is 2. The molecule has 21 nitrogen and oxygen atoms in total. The number of thioether (sulfide) groups is 1. The Morgan fingerprint density at radius 2 is 1.41 bits per heavy atom. The molecule has 2 heterocycles. The number of Topliss-reactive ketones (excluding diaryl/α,β-unsaturated/α-hetero) is 1. The maximum absolute atomic E-state index is 14.5. The maximum atomic E-state index is 14.5. The van der Waals surface area contributed by atoms with Crippen LogP contribution < -0.4 is 41.7 Å². The highest BCUT2D eigenvalue weighted by Gasteiger charge is 2.67. The van der Waals surface area contributed by atoms with E-state index in [1.165, 1.54) is 15.9 Å². The first kappa shape index (κ1) is 57.2. The first-order valence-corrected chi connectivity index (χ1v) is 26.4.